The van der Waals surface area contributed by atoms with E-state index in [1.54, 1.807) is 24.4 Å². The van der Waals surface area contributed by atoms with Gasteiger partial charge in [-0.15, -0.1) is 13.2 Å². The highest BCUT2D eigenvalue weighted by Crippen LogP contribution is 2.27. The van der Waals surface area contributed by atoms with Gasteiger partial charge in [-0.1, -0.05) is 0 Å². The van der Waals surface area contributed by atoms with Crippen molar-refractivity contribution >= 4 is 16.5 Å². The molecule has 0 spiro atoms. The average Bonchev–Trinajstić information content (AvgIpc) is 2.65. The summed E-state index contributed by atoms with van der Waals surface area (Å²) in [5, 5.41) is 0.567. The predicted molar refractivity (Wildman–Crippen MR) is 56.1 cm³/mol. The van der Waals surface area contributed by atoms with Gasteiger partial charge < -0.3 is 4.74 Å². The first-order chi connectivity index (χ1) is 8.53. The summed E-state index contributed by atoms with van der Waals surface area (Å²) in [5.74, 6) is -0.262. The molecule has 0 aliphatic rings. The molecule has 2 aromatic heterocycles. The van der Waals surface area contributed by atoms with E-state index in [1.807, 2.05) is 0 Å². The van der Waals surface area contributed by atoms with Crippen LogP contribution in [0.1, 0.15) is 0 Å². The third-order valence-corrected chi connectivity index (χ3v) is 2.48. The number of pyridine rings is 1. The van der Waals surface area contributed by atoms with E-state index >= 15 is 0 Å². The molecule has 0 unspecified atom stereocenters. The Morgan fingerprint density at radius 1 is 1.11 bits per heavy atom. The molecule has 3 nitrogen and oxygen atoms in total. The lowest BCUT2D eigenvalue weighted by atomic mass is 10.2. The van der Waals surface area contributed by atoms with Gasteiger partial charge in [-0.05, 0) is 24.3 Å². The van der Waals surface area contributed by atoms with Crippen molar-refractivity contribution in [1.29, 1.82) is 0 Å². The Labute approximate surface area is 99.0 Å². The minimum Gasteiger partial charge on any atom is -0.406 e. The third-order valence-electron chi connectivity index (χ3n) is 2.48. The molecule has 0 saturated carbocycles. The Morgan fingerprint density at radius 3 is 2.72 bits per heavy atom. The number of benzene rings is 1. The van der Waals surface area contributed by atoms with E-state index in [0.717, 1.165) is 0 Å². The summed E-state index contributed by atoms with van der Waals surface area (Å²) in [6.07, 6.45) is -3.01. The van der Waals surface area contributed by atoms with Gasteiger partial charge in [-0.2, -0.15) is 0 Å². The summed E-state index contributed by atoms with van der Waals surface area (Å²) < 4.78 is 47.2. The fraction of sp³-hybridized carbons (Fsp3) is 0.0833. The van der Waals surface area contributed by atoms with E-state index < -0.39 is 6.36 Å². The smallest absolute Gasteiger partial charge is 0.406 e. The second-order valence-corrected chi connectivity index (χ2v) is 3.71. The lowest BCUT2D eigenvalue weighted by Gasteiger charge is -2.07. The lowest BCUT2D eigenvalue weighted by molar-refractivity contribution is -0.712. The largest absolute Gasteiger partial charge is 0.573 e. The molecule has 1 aromatic carbocycles. The van der Waals surface area contributed by atoms with E-state index in [9.17, 15) is 13.2 Å². The van der Waals surface area contributed by atoms with E-state index in [2.05, 4.69) is 4.74 Å². The maximum Gasteiger partial charge on any atom is 0.573 e. The number of nitrogens with zero attached hydrogens (tertiary/aromatic N) is 1. The highest BCUT2D eigenvalue weighted by molar-refractivity contribution is 5.90. The van der Waals surface area contributed by atoms with Crippen molar-refractivity contribution in [2.75, 3.05) is 0 Å². The zero-order valence-electron chi connectivity index (χ0n) is 8.94. The van der Waals surface area contributed by atoms with Gasteiger partial charge in [0.05, 0.1) is 0 Å². The van der Waals surface area contributed by atoms with Crippen molar-refractivity contribution in [3.8, 4) is 5.75 Å². The molecule has 92 valence electrons. The van der Waals surface area contributed by atoms with Crippen molar-refractivity contribution in [3.63, 3.8) is 0 Å². The van der Waals surface area contributed by atoms with Crippen LogP contribution in [0.4, 0.5) is 13.2 Å². The SMILES string of the molecule is FC(F)(F)Oc1ccc2o[n+]3ccccc3c2c1. The van der Waals surface area contributed by atoms with Crippen LogP contribution in [0, 0.1) is 0 Å². The van der Waals surface area contributed by atoms with Crippen molar-refractivity contribution in [2.45, 2.75) is 6.36 Å². The van der Waals surface area contributed by atoms with Crippen LogP contribution >= 0.6 is 0 Å². The minimum absolute atomic E-state index is 0.262. The predicted octanol–water partition coefficient (Wildman–Crippen LogP) is 3.07. The number of alkyl halides is 3. The summed E-state index contributed by atoms with van der Waals surface area (Å²) in [7, 11) is 0. The highest BCUT2D eigenvalue weighted by atomic mass is 19.4. The van der Waals surface area contributed by atoms with Gasteiger partial charge in [0, 0.05) is 16.7 Å². The van der Waals surface area contributed by atoms with Crippen molar-refractivity contribution in [1.82, 2.24) is 0 Å². The van der Waals surface area contributed by atoms with Gasteiger partial charge in [-0.3, -0.25) is 0 Å². The van der Waals surface area contributed by atoms with Crippen LogP contribution in [0.3, 0.4) is 0 Å². The highest BCUT2D eigenvalue weighted by Gasteiger charge is 2.31. The Kier molecular flexibility index (Phi) is 2.19. The molecule has 0 fully saturated rings. The molecule has 3 aromatic rings. The Bertz CT molecular complexity index is 718. The second kappa shape index (κ2) is 3.63. The van der Waals surface area contributed by atoms with Crippen LogP contribution in [-0.2, 0) is 0 Å². The lowest BCUT2D eigenvalue weighted by Crippen LogP contribution is -2.17. The van der Waals surface area contributed by atoms with Crippen LogP contribution in [0.15, 0.2) is 47.1 Å². The number of fused-ring (bicyclic) bond motifs is 3. The molecule has 2 heterocycles. The number of aromatic nitrogens is 1. The first-order valence-electron chi connectivity index (χ1n) is 5.12. The fourth-order valence-corrected chi connectivity index (χ4v) is 1.81. The molecular formula is C12H7F3NO2+. The third kappa shape index (κ3) is 1.85. The van der Waals surface area contributed by atoms with E-state index in [-0.39, 0.29) is 5.75 Å². The van der Waals surface area contributed by atoms with Crippen molar-refractivity contribution in [3.05, 3.63) is 42.6 Å². The topological polar surface area (TPSA) is 26.5 Å². The molecule has 0 radical (unpaired) electrons. The zero-order chi connectivity index (χ0) is 12.8. The van der Waals surface area contributed by atoms with E-state index in [4.69, 9.17) is 4.52 Å². The first-order valence-corrected chi connectivity index (χ1v) is 5.12. The van der Waals surface area contributed by atoms with Gasteiger partial charge in [0.15, 0.2) is 0 Å². The second-order valence-electron chi connectivity index (χ2n) is 3.71. The van der Waals surface area contributed by atoms with Crippen LogP contribution in [0.2, 0.25) is 0 Å². The van der Waals surface area contributed by atoms with Gasteiger partial charge in [0.1, 0.15) is 11.1 Å². The number of hydrogen-bond donors (Lipinski definition) is 0. The summed E-state index contributed by atoms with van der Waals surface area (Å²) in [4.78, 5) is 0. The average molecular weight is 254 g/mol. The zero-order valence-corrected chi connectivity index (χ0v) is 8.94. The number of halogens is 3. The minimum atomic E-state index is -4.69. The van der Waals surface area contributed by atoms with Gasteiger partial charge in [0.25, 0.3) is 5.52 Å². The molecule has 0 amide bonds. The molecule has 6 heteroatoms. The summed E-state index contributed by atoms with van der Waals surface area (Å²) >= 11 is 0. The van der Waals surface area contributed by atoms with Crippen molar-refractivity contribution in [2.24, 2.45) is 0 Å². The normalized spacial score (nSPS) is 12.2. The molecular weight excluding hydrogens is 247 g/mol. The maximum absolute atomic E-state index is 12.1. The number of hydrogen-bond acceptors (Lipinski definition) is 2. The molecule has 0 aliphatic heterocycles. The monoisotopic (exact) mass is 254 g/mol. The number of ether oxygens (including phenoxy) is 1. The van der Waals surface area contributed by atoms with Gasteiger partial charge in [-0.25, -0.2) is 4.52 Å². The fourth-order valence-electron chi connectivity index (χ4n) is 1.81. The molecule has 0 aliphatic carbocycles. The summed E-state index contributed by atoms with van der Waals surface area (Å²) in [6, 6.07) is 9.27. The van der Waals surface area contributed by atoms with Crippen LogP contribution in [0.5, 0.6) is 5.75 Å². The van der Waals surface area contributed by atoms with Crippen LogP contribution in [0.25, 0.3) is 16.5 Å². The quantitative estimate of drug-likeness (QED) is 0.624. The van der Waals surface area contributed by atoms with Gasteiger partial charge in [0.2, 0.25) is 11.8 Å². The Balaban J connectivity index is 2.18. The van der Waals surface area contributed by atoms with Crippen LogP contribution < -0.4 is 9.31 Å². The van der Waals surface area contributed by atoms with E-state index in [1.165, 1.54) is 22.8 Å². The number of rotatable bonds is 1. The van der Waals surface area contributed by atoms with E-state index in [0.29, 0.717) is 16.5 Å². The maximum atomic E-state index is 12.1. The standard InChI is InChI=1S/C12H7F3NO2/c13-12(14,15)17-8-4-5-11-9(7-8)10-3-1-2-6-16(10)18-11/h1-7H/q+1. The Hall–Kier alpha value is -2.24. The molecule has 3 rings (SSSR count). The molecule has 18 heavy (non-hydrogen) atoms. The Morgan fingerprint density at radius 2 is 1.94 bits per heavy atom. The van der Waals surface area contributed by atoms with Gasteiger partial charge >= 0.3 is 6.36 Å². The molecule has 0 bridgehead atoms. The van der Waals surface area contributed by atoms with Crippen molar-refractivity contribution < 1.29 is 27.0 Å². The first kappa shape index (κ1) is 10.9. The van der Waals surface area contributed by atoms with Crippen LogP contribution in [-0.4, -0.2) is 6.36 Å². The molecule has 0 N–H and O–H groups in total. The molecule has 0 saturated heterocycles. The molecule has 0 atom stereocenters. The summed E-state index contributed by atoms with van der Waals surface area (Å²) in [6.45, 7) is 0. The summed E-state index contributed by atoms with van der Waals surface area (Å²) in [5.41, 5.74) is 1.18.